The molecule has 1 spiro atoms. The van der Waals surface area contributed by atoms with Crippen molar-refractivity contribution >= 4 is 17.8 Å². The second-order valence-electron chi connectivity index (χ2n) is 17.6. The minimum atomic E-state index is -1.65. The Bertz CT molecular complexity index is 1690. The summed E-state index contributed by atoms with van der Waals surface area (Å²) in [6.07, 6.45) is 8.18. The van der Waals surface area contributed by atoms with Crippen molar-refractivity contribution in [1.82, 2.24) is 5.32 Å². The maximum absolute atomic E-state index is 15.0. The predicted molar refractivity (Wildman–Crippen MR) is 200 cm³/mol. The first-order valence-electron chi connectivity index (χ1n) is 19.5. The Morgan fingerprint density at radius 1 is 1.06 bits per heavy atom. The SMILES string of the molecule is COC(=O)N[C@@H]1[C@H](C)O[C@@H](O[C@@H]2C/C=C(\C)[C@H]3C=C[C@H]4[C@H](O)[C@H](C)C[C@@H](C)[C@@H]4[C@@]3(C)C(O)=C3C(=O)OC4(C[C@H](C)C(CO)=C[C@H]4/C=C\2C)C3=O)C[C@@]1(C)N. The van der Waals surface area contributed by atoms with Crippen molar-refractivity contribution in [3.8, 4) is 0 Å². The Kier molecular flexibility index (Phi) is 11.0. The number of methoxy groups -OCH3 is 1. The average molecular weight is 753 g/mol. The van der Waals surface area contributed by atoms with E-state index in [0.29, 0.717) is 6.42 Å². The third kappa shape index (κ3) is 6.59. The number of carbonyl (C=O) groups is 3. The lowest BCUT2D eigenvalue weighted by Gasteiger charge is -2.55. The summed E-state index contributed by atoms with van der Waals surface area (Å²) in [5.41, 5.74) is 5.12. The van der Waals surface area contributed by atoms with Gasteiger partial charge in [-0.05, 0) is 75.4 Å². The van der Waals surface area contributed by atoms with Crippen molar-refractivity contribution in [1.29, 1.82) is 0 Å². The molecule has 2 bridgehead atoms. The summed E-state index contributed by atoms with van der Waals surface area (Å²) in [5, 5.41) is 37.2. The molecule has 2 saturated heterocycles. The summed E-state index contributed by atoms with van der Waals surface area (Å²) in [6.45, 7) is 15.3. The zero-order chi connectivity index (χ0) is 39.7. The molecule has 298 valence electrons. The average Bonchev–Trinajstić information content (AvgIpc) is 3.34. The monoisotopic (exact) mass is 752 g/mol. The predicted octanol–water partition coefficient (Wildman–Crippen LogP) is 4.96. The van der Waals surface area contributed by atoms with Crippen LogP contribution in [0, 0.1) is 46.8 Å². The number of carbonyl (C=O) groups excluding carboxylic acids is 3. The van der Waals surface area contributed by atoms with Gasteiger partial charge < -0.3 is 45.3 Å². The first-order valence-corrected chi connectivity index (χ1v) is 19.5. The molecule has 12 heteroatoms. The molecule has 0 radical (unpaired) electrons. The molecule has 54 heavy (non-hydrogen) atoms. The zero-order valence-corrected chi connectivity index (χ0v) is 33.1. The molecule has 6 rings (SSSR count). The second kappa shape index (κ2) is 14.7. The zero-order valence-electron chi connectivity index (χ0n) is 33.1. The van der Waals surface area contributed by atoms with Crippen molar-refractivity contribution in [3.05, 3.63) is 58.4 Å². The van der Waals surface area contributed by atoms with E-state index >= 15 is 0 Å². The summed E-state index contributed by atoms with van der Waals surface area (Å²) in [6, 6.07) is -0.546. The minimum Gasteiger partial charge on any atom is -0.511 e. The topological polar surface area (TPSA) is 187 Å². The molecule has 2 heterocycles. The highest BCUT2D eigenvalue weighted by molar-refractivity contribution is 6.26. The van der Waals surface area contributed by atoms with Crippen LogP contribution in [-0.4, -0.2) is 88.7 Å². The number of aliphatic hydroxyl groups excluding tert-OH is 3. The van der Waals surface area contributed by atoms with Gasteiger partial charge in [0, 0.05) is 41.5 Å². The summed E-state index contributed by atoms with van der Waals surface area (Å²) in [4.78, 5) is 41.2. The highest BCUT2D eigenvalue weighted by atomic mass is 16.7. The molecule has 1 amide bonds. The highest BCUT2D eigenvalue weighted by Gasteiger charge is 2.63. The number of allylic oxidation sites excluding steroid dienone is 3. The van der Waals surface area contributed by atoms with E-state index in [1.54, 1.807) is 0 Å². The Labute approximate surface area is 318 Å². The van der Waals surface area contributed by atoms with Gasteiger partial charge in [0.05, 0.1) is 38.1 Å². The van der Waals surface area contributed by atoms with E-state index in [1.807, 2.05) is 66.7 Å². The molecule has 6 N–H and O–H groups in total. The lowest BCUT2D eigenvalue weighted by atomic mass is 9.49. The molecule has 3 fully saturated rings. The molecular formula is C42H60N2O10. The maximum atomic E-state index is 15.0. The van der Waals surface area contributed by atoms with Crippen LogP contribution in [0.25, 0.3) is 0 Å². The highest BCUT2D eigenvalue weighted by Crippen LogP contribution is 2.60. The maximum Gasteiger partial charge on any atom is 0.407 e. The smallest absolute Gasteiger partial charge is 0.407 e. The van der Waals surface area contributed by atoms with E-state index in [9.17, 15) is 29.7 Å². The number of ketones is 1. The van der Waals surface area contributed by atoms with Gasteiger partial charge in [-0.2, -0.15) is 0 Å². The van der Waals surface area contributed by atoms with E-state index in [2.05, 4.69) is 24.4 Å². The largest absolute Gasteiger partial charge is 0.511 e. The van der Waals surface area contributed by atoms with Gasteiger partial charge in [0.25, 0.3) is 0 Å². The first-order chi connectivity index (χ1) is 25.3. The Hall–Kier alpha value is -3.29. The van der Waals surface area contributed by atoms with Gasteiger partial charge in [-0.3, -0.25) is 4.79 Å². The van der Waals surface area contributed by atoms with Gasteiger partial charge >= 0.3 is 12.1 Å². The summed E-state index contributed by atoms with van der Waals surface area (Å²) in [5.74, 6) is -3.73. The lowest BCUT2D eigenvalue weighted by molar-refractivity contribution is -0.224. The van der Waals surface area contributed by atoms with Crippen LogP contribution in [0.1, 0.15) is 81.1 Å². The first kappa shape index (κ1) is 40.4. The molecule has 1 saturated carbocycles. The van der Waals surface area contributed by atoms with Crippen LogP contribution in [0.2, 0.25) is 0 Å². The van der Waals surface area contributed by atoms with Gasteiger partial charge in [0.1, 0.15) is 11.3 Å². The van der Waals surface area contributed by atoms with E-state index in [1.165, 1.54) is 7.11 Å². The minimum absolute atomic E-state index is 0.0316. The molecule has 6 aliphatic rings. The van der Waals surface area contributed by atoms with Crippen LogP contribution in [0.5, 0.6) is 0 Å². The van der Waals surface area contributed by atoms with Gasteiger partial charge in [-0.25, -0.2) is 9.59 Å². The Morgan fingerprint density at radius 3 is 2.41 bits per heavy atom. The number of hydrogen-bond donors (Lipinski definition) is 5. The molecule has 0 aromatic rings. The van der Waals surface area contributed by atoms with Gasteiger partial charge in [-0.1, -0.05) is 63.6 Å². The Balaban J connectivity index is 1.49. The van der Waals surface area contributed by atoms with Crippen LogP contribution in [0.15, 0.2) is 58.4 Å². The standard InChI is InChI=1S/C42H60N2O10/c1-20-10-13-30(53-31-18-40(7,43)35(25(6)52-31)44-39(50)51-9)21(2)15-27-16-26(19-45)24(5)17-42(27)37(48)32(38(49)54-42)36(47)41(8)29(20)12-11-28-33(41)22(3)14-23(4)34(28)46/h10-12,15-16,22-25,27-31,33-35,45-47H,13-14,17-19,43H2,1-9H3,(H,44,50)/b20-10+,21-15-,36-32?/t22-,23-,24+,25+,27-,28-,29-,30-,31+,33+,34-,35-,40-,41+,42?/m1/s1. The number of esters is 1. The number of amides is 1. The van der Waals surface area contributed by atoms with Crippen LogP contribution in [-0.2, 0) is 28.5 Å². The van der Waals surface area contributed by atoms with E-state index in [0.717, 1.165) is 23.1 Å². The molecule has 15 atom stereocenters. The number of fused-ring (bicyclic) bond motifs is 4. The number of nitrogens with one attached hydrogen (secondary N) is 1. The number of alkyl carbamates (subject to hydrolysis) is 1. The van der Waals surface area contributed by atoms with Gasteiger partial charge in [0.15, 0.2) is 11.9 Å². The number of Topliss-reactive ketones (excluding diaryl/α,β-unsaturated/α-hetero) is 1. The number of aliphatic hydroxyl groups is 3. The van der Waals surface area contributed by atoms with Crippen LogP contribution >= 0.6 is 0 Å². The quantitative estimate of drug-likeness (QED) is 0.149. The fraction of sp³-hybridized carbons (Fsp3) is 0.690. The normalized spacial score (nSPS) is 47.1. The molecular weight excluding hydrogens is 692 g/mol. The fourth-order valence-electron chi connectivity index (χ4n) is 11.0. The van der Waals surface area contributed by atoms with Crippen LogP contribution < -0.4 is 11.1 Å². The molecule has 12 nitrogen and oxygen atoms in total. The fourth-order valence-corrected chi connectivity index (χ4v) is 11.0. The van der Waals surface area contributed by atoms with Crippen molar-refractivity contribution in [2.24, 2.45) is 52.6 Å². The second-order valence-corrected chi connectivity index (χ2v) is 17.6. The van der Waals surface area contributed by atoms with Crippen molar-refractivity contribution < 1.29 is 48.7 Å². The van der Waals surface area contributed by atoms with E-state index in [4.69, 9.17) is 24.7 Å². The number of hydrogen-bond acceptors (Lipinski definition) is 11. The van der Waals surface area contributed by atoms with Crippen molar-refractivity contribution in [2.45, 2.75) is 123 Å². The van der Waals surface area contributed by atoms with Crippen molar-refractivity contribution in [3.63, 3.8) is 0 Å². The van der Waals surface area contributed by atoms with Crippen LogP contribution in [0.3, 0.4) is 0 Å². The molecule has 0 aromatic carbocycles. The number of ether oxygens (including phenoxy) is 4. The molecule has 1 unspecified atom stereocenters. The van der Waals surface area contributed by atoms with E-state index < -0.39 is 76.9 Å². The molecule has 4 aliphatic carbocycles. The van der Waals surface area contributed by atoms with E-state index in [-0.39, 0.29) is 60.4 Å². The van der Waals surface area contributed by atoms with Gasteiger partial charge in [0.2, 0.25) is 5.78 Å². The Morgan fingerprint density at radius 2 is 1.76 bits per heavy atom. The third-order valence-electron chi connectivity index (χ3n) is 13.8. The summed E-state index contributed by atoms with van der Waals surface area (Å²) < 4.78 is 24.1. The lowest BCUT2D eigenvalue weighted by Crippen LogP contribution is -2.66. The third-order valence-corrected chi connectivity index (χ3v) is 13.8. The molecule has 0 aromatic heterocycles. The number of rotatable bonds is 4. The number of nitrogens with two attached hydrogens (primary N) is 1. The summed E-state index contributed by atoms with van der Waals surface area (Å²) >= 11 is 0. The van der Waals surface area contributed by atoms with Gasteiger partial charge in [-0.15, -0.1) is 0 Å². The van der Waals surface area contributed by atoms with Crippen molar-refractivity contribution in [2.75, 3.05) is 13.7 Å². The molecule has 2 aliphatic heterocycles. The van der Waals surface area contributed by atoms with Crippen LogP contribution in [0.4, 0.5) is 4.79 Å². The summed E-state index contributed by atoms with van der Waals surface area (Å²) in [7, 11) is 1.29.